The summed E-state index contributed by atoms with van der Waals surface area (Å²) < 4.78 is 0. The zero-order valence-electron chi connectivity index (χ0n) is 1.72. The molecule has 0 amide bonds. The van der Waals surface area contributed by atoms with Gasteiger partial charge in [-0.15, -0.1) is 0 Å². The van der Waals surface area contributed by atoms with E-state index in [0.717, 1.165) is 0 Å². The van der Waals surface area contributed by atoms with Crippen LogP contribution < -0.4 is 0 Å². The summed E-state index contributed by atoms with van der Waals surface area (Å²) in [6, 6.07) is 0. The summed E-state index contributed by atoms with van der Waals surface area (Å²) >= 11 is 0. The van der Waals surface area contributed by atoms with E-state index < -0.39 is 0 Å². The first-order valence-corrected chi connectivity index (χ1v) is 0. The average molecular weight is 191 g/mol. The van der Waals surface area contributed by atoms with Crippen molar-refractivity contribution in [2.24, 2.45) is 0 Å². The molecule has 4 N–H and O–H groups in total. The van der Waals surface area contributed by atoms with Gasteiger partial charge in [0.2, 0.25) is 0 Å². The second-order valence-corrected chi connectivity index (χ2v) is 0. The molecule has 4 heteroatoms. The Morgan fingerprint density at radius 2 is 0.750 bits per heavy atom. The number of hydrogen-bond acceptors (Lipinski definition) is 0. The van der Waals surface area contributed by atoms with Gasteiger partial charge in [0.15, 0.2) is 0 Å². The van der Waals surface area contributed by atoms with Crippen LogP contribution in [0.3, 0.4) is 0 Å². The molecule has 0 radical (unpaired) electrons. The summed E-state index contributed by atoms with van der Waals surface area (Å²) in [5.41, 5.74) is 0. The van der Waals surface area contributed by atoms with Crippen LogP contribution in [0.15, 0.2) is 0 Å². The van der Waals surface area contributed by atoms with E-state index in [1.807, 2.05) is 0 Å². The molecule has 0 unspecified atom stereocenters. The molecule has 0 atom stereocenters. The van der Waals surface area contributed by atoms with E-state index in [4.69, 9.17) is 0 Å². The molecule has 0 heterocycles. The van der Waals surface area contributed by atoms with Crippen molar-refractivity contribution in [1.82, 2.24) is 0 Å². The van der Waals surface area contributed by atoms with Crippen molar-refractivity contribution in [1.29, 1.82) is 0 Å². The molecule has 0 saturated carbocycles. The van der Waals surface area contributed by atoms with Gasteiger partial charge in [-0.2, -0.15) is 0 Å². The fraction of sp³-hybridized carbons (Fsp3) is 0. The fourth-order valence-electron chi connectivity index (χ4n) is 0. The Kier molecular flexibility index (Phi) is 575. The van der Waals surface area contributed by atoms with Gasteiger partial charge in [-0.1, -0.05) is 0 Å². The van der Waals surface area contributed by atoms with Crippen molar-refractivity contribution in [3.8, 4) is 0 Å². The topological polar surface area (TPSA) is 63.0 Å². The molecular formula is H4MoNiO2. The van der Waals surface area contributed by atoms with Crippen LogP contribution in [0.5, 0.6) is 0 Å². The van der Waals surface area contributed by atoms with Crippen molar-refractivity contribution in [2.45, 2.75) is 0 Å². The maximum Gasteiger partial charge on any atom is 0 e. The molecule has 0 saturated heterocycles. The molecule has 0 fully saturated rings. The van der Waals surface area contributed by atoms with Crippen LogP contribution in [0.1, 0.15) is 0 Å². The zero-order valence-corrected chi connectivity index (χ0v) is 4.72. The Morgan fingerprint density at radius 3 is 0.750 bits per heavy atom. The maximum absolute atomic E-state index is 0. The minimum Gasteiger partial charge on any atom is -0.412 e. The van der Waals surface area contributed by atoms with Crippen LogP contribution in [-0.2, 0) is 37.6 Å². The van der Waals surface area contributed by atoms with Gasteiger partial charge >= 0.3 is 0 Å². The van der Waals surface area contributed by atoms with Crippen molar-refractivity contribution >= 4 is 0 Å². The van der Waals surface area contributed by atoms with E-state index in [2.05, 4.69) is 0 Å². The monoisotopic (exact) mass is 192 g/mol. The molecule has 0 aliphatic rings. The summed E-state index contributed by atoms with van der Waals surface area (Å²) in [4.78, 5) is 0. The van der Waals surface area contributed by atoms with Gasteiger partial charge in [-0.05, 0) is 0 Å². The first kappa shape index (κ1) is 70.7. The van der Waals surface area contributed by atoms with Crippen molar-refractivity contribution in [2.75, 3.05) is 0 Å². The normalized spacial score (nSPS) is 0. The third kappa shape index (κ3) is 11.3. The van der Waals surface area contributed by atoms with Crippen LogP contribution in [0, 0.1) is 0 Å². The van der Waals surface area contributed by atoms with Gasteiger partial charge in [0.1, 0.15) is 0 Å². The molecule has 0 rings (SSSR count). The minimum atomic E-state index is 0. The van der Waals surface area contributed by atoms with Gasteiger partial charge in [-0.3, -0.25) is 0 Å². The first-order chi connectivity index (χ1) is 0. The van der Waals surface area contributed by atoms with Crippen LogP contribution in [-0.4, -0.2) is 11.0 Å². The predicted molar refractivity (Wildman–Crippen MR) is 7.23 cm³/mol. The quantitative estimate of drug-likeness (QED) is 0.411. The fourth-order valence-corrected chi connectivity index (χ4v) is 0. The Labute approximate surface area is 48.8 Å². The molecule has 2 nitrogen and oxygen atoms in total. The van der Waals surface area contributed by atoms with Gasteiger partial charge in [0.05, 0.1) is 0 Å². The van der Waals surface area contributed by atoms with Crippen molar-refractivity contribution < 1.29 is 48.5 Å². The number of hydrogen-bond donors (Lipinski definition) is 0. The SMILES string of the molecule is O.O.[Mo].[Ni]. The molecule has 0 aliphatic carbocycles. The summed E-state index contributed by atoms with van der Waals surface area (Å²) in [6.07, 6.45) is 0. The summed E-state index contributed by atoms with van der Waals surface area (Å²) in [5.74, 6) is 0. The Hall–Kier alpha value is 1.10. The number of rotatable bonds is 0. The summed E-state index contributed by atoms with van der Waals surface area (Å²) in [5, 5.41) is 0. The molecule has 0 spiro atoms. The van der Waals surface area contributed by atoms with E-state index in [1.165, 1.54) is 0 Å². The minimum absolute atomic E-state index is 0. The first-order valence-electron chi connectivity index (χ1n) is 0. The zero-order chi connectivity index (χ0) is 0. The second-order valence-electron chi connectivity index (χ2n) is 0. The van der Waals surface area contributed by atoms with E-state index >= 15 is 0 Å². The third-order valence-corrected chi connectivity index (χ3v) is 0. The van der Waals surface area contributed by atoms with Gasteiger partial charge in [0.25, 0.3) is 0 Å². The molecule has 0 aromatic carbocycles. The molecule has 0 aromatic heterocycles. The summed E-state index contributed by atoms with van der Waals surface area (Å²) in [7, 11) is 0. The smallest absolute Gasteiger partial charge is 0 e. The van der Waals surface area contributed by atoms with E-state index in [9.17, 15) is 0 Å². The average Bonchev–Trinajstić information content (AvgIpc) is 0. The van der Waals surface area contributed by atoms with Gasteiger partial charge < -0.3 is 11.0 Å². The second kappa shape index (κ2) is 32.5. The van der Waals surface area contributed by atoms with E-state index in [-0.39, 0.29) is 48.5 Å². The molecule has 32 valence electrons. The van der Waals surface area contributed by atoms with E-state index in [0.29, 0.717) is 0 Å². The van der Waals surface area contributed by atoms with Crippen LogP contribution in [0.4, 0.5) is 0 Å². The third-order valence-electron chi connectivity index (χ3n) is 0. The molecular weight excluding hydrogens is 187 g/mol. The molecule has 0 aromatic rings. The van der Waals surface area contributed by atoms with Crippen LogP contribution in [0.25, 0.3) is 0 Å². The largest absolute Gasteiger partial charge is 0.412 e. The Balaban J connectivity index is 0. The van der Waals surface area contributed by atoms with Crippen molar-refractivity contribution in [3.05, 3.63) is 0 Å². The summed E-state index contributed by atoms with van der Waals surface area (Å²) in [6.45, 7) is 0. The molecule has 0 bridgehead atoms. The van der Waals surface area contributed by atoms with Gasteiger partial charge in [-0.25, -0.2) is 0 Å². The van der Waals surface area contributed by atoms with E-state index in [1.54, 1.807) is 0 Å². The standard InChI is InChI=1S/Mo.Ni.2H2O/h;;2*1H2. The Bertz CT molecular complexity index is 6.00. The Morgan fingerprint density at radius 1 is 0.750 bits per heavy atom. The molecule has 0 aliphatic heterocycles. The predicted octanol–water partition coefficient (Wildman–Crippen LogP) is -1.65. The van der Waals surface area contributed by atoms with Crippen LogP contribution in [0.2, 0.25) is 0 Å². The molecule has 4 heavy (non-hydrogen) atoms. The van der Waals surface area contributed by atoms with Crippen LogP contribution >= 0.6 is 0 Å². The van der Waals surface area contributed by atoms with Crippen molar-refractivity contribution in [3.63, 3.8) is 0 Å². The maximum atomic E-state index is 0. The van der Waals surface area contributed by atoms with Gasteiger partial charge in [0, 0.05) is 37.6 Å².